The number of nitriles is 1. The van der Waals surface area contributed by atoms with E-state index in [4.69, 9.17) is 5.73 Å². The Morgan fingerprint density at radius 3 is 2.42 bits per heavy atom. The number of pyridine rings is 1. The molecule has 0 fully saturated rings. The fourth-order valence-corrected chi connectivity index (χ4v) is 3.28. The number of aromatic nitrogens is 1. The van der Waals surface area contributed by atoms with Gasteiger partial charge in [-0.15, -0.1) is 11.8 Å². The molecule has 0 saturated heterocycles. The van der Waals surface area contributed by atoms with Gasteiger partial charge in [0.1, 0.15) is 16.9 Å². The number of amides is 1. The lowest BCUT2D eigenvalue weighted by atomic mass is 10.2. The second kappa shape index (κ2) is 8.19. The third kappa shape index (κ3) is 4.21. The van der Waals surface area contributed by atoms with Crippen LogP contribution >= 0.6 is 11.8 Å². The zero-order valence-electron chi connectivity index (χ0n) is 13.8. The number of para-hydroxylation sites is 1. The Bertz CT molecular complexity index is 953. The number of rotatable bonds is 5. The predicted octanol–water partition coefficient (Wildman–Crippen LogP) is 4.08. The Morgan fingerprint density at radius 1 is 1.12 bits per heavy atom. The molecule has 0 aliphatic carbocycles. The number of nitrogen functional groups attached to an aromatic ring is 1. The number of nitrogens with zero attached hydrogens (tertiary/aromatic N) is 2. The van der Waals surface area contributed by atoms with Crippen molar-refractivity contribution in [2.45, 2.75) is 10.8 Å². The Morgan fingerprint density at radius 2 is 1.77 bits per heavy atom. The fourth-order valence-electron chi connectivity index (χ4n) is 2.32. The first-order valence-electron chi connectivity index (χ1n) is 7.91. The topological polar surface area (TPSA) is 91.8 Å². The predicted molar refractivity (Wildman–Crippen MR) is 104 cm³/mol. The van der Waals surface area contributed by atoms with Gasteiger partial charge in [-0.25, -0.2) is 4.98 Å². The lowest BCUT2D eigenvalue weighted by Gasteiger charge is -2.11. The summed E-state index contributed by atoms with van der Waals surface area (Å²) in [6.07, 6.45) is 0. The highest BCUT2D eigenvalue weighted by Crippen LogP contribution is 2.28. The van der Waals surface area contributed by atoms with Gasteiger partial charge >= 0.3 is 0 Å². The smallest absolute Gasteiger partial charge is 0.258 e. The van der Waals surface area contributed by atoms with Crippen LogP contribution in [0.15, 0.2) is 71.8 Å². The first-order chi connectivity index (χ1) is 12.7. The largest absolute Gasteiger partial charge is 0.383 e. The van der Waals surface area contributed by atoms with Gasteiger partial charge in [-0.2, -0.15) is 5.26 Å². The molecule has 6 heteroatoms. The van der Waals surface area contributed by atoms with Crippen LogP contribution in [0.5, 0.6) is 0 Å². The minimum Gasteiger partial charge on any atom is -0.383 e. The van der Waals surface area contributed by atoms with Crippen molar-refractivity contribution >= 4 is 29.2 Å². The quantitative estimate of drug-likeness (QED) is 0.669. The fraction of sp³-hybridized carbons (Fsp3) is 0.0500. The number of hydrogen-bond acceptors (Lipinski definition) is 5. The molecule has 128 valence electrons. The van der Waals surface area contributed by atoms with Gasteiger partial charge in [0.05, 0.1) is 11.1 Å². The second-order valence-electron chi connectivity index (χ2n) is 5.48. The van der Waals surface area contributed by atoms with Gasteiger partial charge in [0.2, 0.25) is 0 Å². The van der Waals surface area contributed by atoms with E-state index in [1.165, 1.54) is 17.8 Å². The van der Waals surface area contributed by atoms with E-state index in [1.54, 1.807) is 12.1 Å². The van der Waals surface area contributed by atoms with Crippen LogP contribution in [0.4, 0.5) is 11.5 Å². The average molecular weight is 360 g/mol. The van der Waals surface area contributed by atoms with Crippen molar-refractivity contribution in [3.63, 3.8) is 0 Å². The van der Waals surface area contributed by atoms with Gasteiger partial charge in [-0.3, -0.25) is 4.79 Å². The summed E-state index contributed by atoms with van der Waals surface area (Å²) in [5.74, 6) is 0.445. The van der Waals surface area contributed by atoms with Crippen LogP contribution in [0.25, 0.3) is 0 Å². The number of nitrogens with one attached hydrogen (secondary N) is 1. The van der Waals surface area contributed by atoms with Crippen LogP contribution in [-0.2, 0) is 5.75 Å². The van der Waals surface area contributed by atoms with Gasteiger partial charge in [0.15, 0.2) is 0 Å². The highest BCUT2D eigenvalue weighted by molar-refractivity contribution is 7.98. The molecular formula is C20H16N4OS. The van der Waals surface area contributed by atoms with E-state index in [2.05, 4.69) is 10.3 Å². The minimum atomic E-state index is -0.323. The molecule has 0 aliphatic heterocycles. The molecule has 5 nitrogen and oxygen atoms in total. The van der Waals surface area contributed by atoms with Gasteiger partial charge in [-0.1, -0.05) is 48.5 Å². The molecule has 0 saturated carbocycles. The Balaban J connectivity index is 1.88. The maximum Gasteiger partial charge on any atom is 0.258 e. The van der Waals surface area contributed by atoms with Crippen LogP contribution in [0, 0.1) is 11.3 Å². The number of nitrogens with two attached hydrogens (primary N) is 1. The molecule has 3 rings (SSSR count). The molecule has 0 bridgehead atoms. The standard InChI is InChI=1S/C20H16N4OS/c21-12-15-11-17(19(25)23-16-9-5-2-6-10-16)20(24-18(15)22)26-13-14-7-3-1-4-8-14/h1-11H,13H2,(H2,22,24)(H,23,25). The molecule has 26 heavy (non-hydrogen) atoms. The summed E-state index contributed by atoms with van der Waals surface area (Å²) in [5.41, 5.74) is 8.15. The molecular weight excluding hydrogens is 344 g/mol. The summed E-state index contributed by atoms with van der Waals surface area (Å²) in [6.45, 7) is 0. The minimum absolute atomic E-state index is 0.124. The molecule has 3 N–H and O–H groups in total. The summed E-state index contributed by atoms with van der Waals surface area (Å²) in [4.78, 5) is 17.0. The summed E-state index contributed by atoms with van der Waals surface area (Å²) in [7, 11) is 0. The van der Waals surface area contributed by atoms with Crippen molar-refractivity contribution in [2.75, 3.05) is 11.1 Å². The third-order valence-electron chi connectivity index (χ3n) is 3.63. The van der Waals surface area contributed by atoms with Gasteiger partial charge in [-0.05, 0) is 23.8 Å². The van der Waals surface area contributed by atoms with E-state index in [9.17, 15) is 10.1 Å². The molecule has 0 aliphatic rings. The van der Waals surface area contributed by atoms with E-state index in [1.807, 2.05) is 54.6 Å². The number of anilines is 2. The molecule has 0 spiro atoms. The number of carbonyl (C=O) groups excluding carboxylic acids is 1. The highest BCUT2D eigenvalue weighted by Gasteiger charge is 2.17. The van der Waals surface area contributed by atoms with Gasteiger partial charge in [0, 0.05) is 11.4 Å². The van der Waals surface area contributed by atoms with Crippen LogP contribution in [0.1, 0.15) is 21.5 Å². The van der Waals surface area contributed by atoms with Gasteiger partial charge in [0.25, 0.3) is 5.91 Å². The SMILES string of the molecule is N#Cc1cc(C(=O)Nc2ccccc2)c(SCc2ccccc2)nc1N. The summed E-state index contributed by atoms with van der Waals surface area (Å²) < 4.78 is 0. The lowest BCUT2D eigenvalue weighted by molar-refractivity contribution is 0.102. The van der Waals surface area contributed by atoms with Crippen LogP contribution in [-0.4, -0.2) is 10.9 Å². The summed E-state index contributed by atoms with van der Waals surface area (Å²) in [5, 5.41) is 12.5. The molecule has 1 heterocycles. The normalized spacial score (nSPS) is 10.1. The van der Waals surface area contributed by atoms with E-state index in [0.717, 1.165) is 5.56 Å². The van der Waals surface area contributed by atoms with Gasteiger partial charge < -0.3 is 11.1 Å². The van der Waals surface area contributed by atoms with Crippen molar-refractivity contribution in [3.8, 4) is 6.07 Å². The van der Waals surface area contributed by atoms with E-state index in [-0.39, 0.29) is 17.3 Å². The van der Waals surface area contributed by atoms with Crippen molar-refractivity contribution in [1.82, 2.24) is 4.98 Å². The number of benzene rings is 2. The monoisotopic (exact) mass is 360 g/mol. The number of thioether (sulfide) groups is 1. The van der Waals surface area contributed by atoms with Crippen molar-refractivity contribution in [3.05, 3.63) is 83.4 Å². The zero-order valence-corrected chi connectivity index (χ0v) is 14.7. The lowest BCUT2D eigenvalue weighted by Crippen LogP contribution is -2.15. The summed E-state index contributed by atoms with van der Waals surface area (Å²) >= 11 is 1.41. The average Bonchev–Trinajstić information content (AvgIpc) is 2.68. The summed E-state index contributed by atoms with van der Waals surface area (Å²) in [6, 6.07) is 22.5. The van der Waals surface area contributed by atoms with E-state index < -0.39 is 0 Å². The Labute approximate surface area is 155 Å². The maximum atomic E-state index is 12.7. The molecule has 1 aromatic heterocycles. The molecule has 0 unspecified atom stereocenters. The van der Waals surface area contributed by atoms with Crippen molar-refractivity contribution in [1.29, 1.82) is 5.26 Å². The number of hydrogen-bond donors (Lipinski definition) is 2. The highest BCUT2D eigenvalue weighted by atomic mass is 32.2. The van der Waals surface area contributed by atoms with Crippen LogP contribution < -0.4 is 11.1 Å². The van der Waals surface area contributed by atoms with Crippen LogP contribution in [0.2, 0.25) is 0 Å². The third-order valence-corrected chi connectivity index (χ3v) is 4.69. The first kappa shape index (κ1) is 17.5. The van der Waals surface area contributed by atoms with Crippen molar-refractivity contribution in [2.24, 2.45) is 0 Å². The maximum absolute atomic E-state index is 12.7. The van der Waals surface area contributed by atoms with E-state index >= 15 is 0 Å². The Hall–Kier alpha value is -3.30. The zero-order chi connectivity index (χ0) is 18.4. The molecule has 0 atom stereocenters. The molecule has 0 radical (unpaired) electrons. The molecule has 1 amide bonds. The van der Waals surface area contributed by atoms with Crippen LogP contribution in [0.3, 0.4) is 0 Å². The van der Waals surface area contributed by atoms with Crippen molar-refractivity contribution < 1.29 is 4.79 Å². The number of carbonyl (C=O) groups is 1. The molecule has 2 aromatic carbocycles. The first-order valence-corrected chi connectivity index (χ1v) is 8.89. The van der Waals surface area contributed by atoms with E-state index in [0.29, 0.717) is 22.0 Å². The Kier molecular flexibility index (Phi) is 5.52. The molecule has 3 aromatic rings. The second-order valence-corrected chi connectivity index (χ2v) is 6.44.